The predicted octanol–water partition coefficient (Wildman–Crippen LogP) is 8.79. The number of hydrogen-bond donors (Lipinski definition) is 0. The van der Waals surface area contributed by atoms with E-state index in [1.165, 1.54) is 22.3 Å². The van der Waals surface area contributed by atoms with Crippen molar-refractivity contribution >= 4 is 19.2 Å². The molecule has 0 amide bonds. The van der Waals surface area contributed by atoms with Gasteiger partial charge in [-0.1, -0.05) is 137 Å². The highest BCUT2D eigenvalue weighted by atomic mass is 28.3. The van der Waals surface area contributed by atoms with Crippen molar-refractivity contribution in [2.24, 2.45) is 11.8 Å². The first kappa shape index (κ1) is 21.8. The Morgan fingerprint density at radius 2 is 0.935 bits per heavy atom. The van der Waals surface area contributed by atoms with Gasteiger partial charge in [-0.25, -0.2) is 0 Å². The maximum atomic E-state index is 2.61. The Balaban J connectivity index is 1.75. The molecule has 0 nitrogen and oxygen atoms in total. The Hall–Kier alpha value is -2.38. The van der Waals surface area contributed by atoms with Crippen LogP contribution in [0.25, 0.3) is 11.1 Å². The molecule has 0 bridgehead atoms. The second-order valence-corrected chi connectivity index (χ2v) is 15.2. The molecule has 160 valence electrons. The molecule has 2 unspecified atom stereocenters. The number of benzene rings is 2. The summed E-state index contributed by atoms with van der Waals surface area (Å²) in [7, 11) is -1.73. The molecule has 2 aromatic rings. The third kappa shape index (κ3) is 4.21. The Morgan fingerprint density at radius 3 is 1.26 bits per heavy atom. The fraction of sp³-hybridized carbons (Fsp3) is 0.333. The Kier molecular flexibility index (Phi) is 6.08. The van der Waals surface area contributed by atoms with Gasteiger partial charge in [0, 0.05) is 0 Å². The lowest BCUT2D eigenvalue weighted by Crippen LogP contribution is -2.39. The molecule has 0 spiro atoms. The lowest BCUT2D eigenvalue weighted by Gasteiger charge is -2.39. The van der Waals surface area contributed by atoms with Crippen LogP contribution in [-0.2, 0) is 0 Å². The van der Waals surface area contributed by atoms with Crippen molar-refractivity contribution < 1.29 is 0 Å². The van der Waals surface area contributed by atoms with E-state index in [4.69, 9.17) is 0 Å². The van der Waals surface area contributed by atoms with Crippen LogP contribution in [0.15, 0.2) is 96.1 Å². The van der Waals surface area contributed by atoms with Crippen molar-refractivity contribution in [2.75, 3.05) is 0 Å². The quantitative estimate of drug-likeness (QED) is 0.406. The van der Waals surface area contributed by atoms with Crippen LogP contribution in [0.2, 0.25) is 24.2 Å². The zero-order valence-corrected chi connectivity index (χ0v) is 20.9. The Bertz CT molecular complexity index is 961. The van der Waals surface area contributed by atoms with Crippen molar-refractivity contribution in [2.45, 2.75) is 51.9 Å². The van der Waals surface area contributed by atoms with Gasteiger partial charge in [0.2, 0.25) is 0 Å². The minimum absolute atomic E-state index is 0.569. The van der Waals surface area contributed by atoms with Gasteiger partial charge >= 0.3 is 0 Å². The van der Waals surface area contributed by atoms with Crippen LogP contribution in [-0.4, -0.2) is 8.07 Å². The number of hydrogen-bond acceptors (Lipinski definition) is 0. The van der Waals surface area contributed by atoms with Crippen molar-refractivity contribution in [1.29, 1.82) is 0 Å². The van der Waals surface area contributed by atoms with E-state index >= 15 is 0 Å². The molecule has 0 saturated carbocycles. The average molecular weight is 425 g/mol. The summed E-state index contributed by atoms with van der Waals surface area (Å²) in [6.07, 6.45) is 10.2. The summed E-state index contributed by atoms with van der Waals surface area (Å²) in [4.78, 5) is 0. The zero-order valence-electron chi connectivity index (χ0n) is 19.9. The minimum atomic E-state index is -1.73. The van der Waals surface area contributed by atoms with Crippen molar-refractivity contribution in [3.05, 3.63) is 107 Å². The summed E-state index contributed by atoms with van der Waals surface area (Å²) >= 11 is 0. The van der Waals surface area contributed by atoms with Crippen LogP contribution in [0.5, 0.6) is 0 Å². The van der Waals surface area contributed by atoms with E-state index in [9.17, 15) is 0 Å². The maximum absolute atomic E-state index is 2.61. The van der Waals surface area contributed by atoms with Crippen LogP contribution in [0.3, 0.4) is 0 Å². The molecule has 31 heavy (non-hydrogen) atoms. The average Bonchev–Trinajstić information content (AvgIpc) is 3.41. The summed E-state index contributed by atoms with van der Waals surface area (Å²) in [5.74, 6) is 1.14. The molecule has 2 atom stereocenters. The highest BCUT2D eigenvalue weighted by Crippen LogP contribution is 2.53. The van der Waals surface area contributed by atoms with E-state index in [2.05, 4.69) is 126 Å². The summed E-state index contributed by atoms with van der Waals surface area (Å²) in [5.41, 5.74) is 9.91. The van der Waals surface area contributed by atoms with Gasteiger partial charge < -0.3 is 0 Å². The molecule has 0 radical (unpaired) electrons. The van der Waals surface area contributed by atoms with E-state index < -0.39 is 8.07 Å². The molecule has 1 heteroatoms. The summed E-state index contributed by atoms with van der Waals surface area (Å²) in [6.45, 7) is 14.7. The first-order chi connectivity index (χ1) is 14.8. The summed E-state index contributed by atoms with van der Waals surface area (Å²) in [6, 6.07) is 21.8. The van der Waals surface area contributed by atoms with E-state index in [1.807, 2.05) is 0 Å². The molecule has 2 aliphatic rings. The number of rotatable bonds is 6. The van der Waals surface area contributed by atoms with E-state index in [1.54, 1.807) is 11.1 Å². The van der Waals surface area contributed by atoms with Crippen LogP contribution in [0.1, 0.15) is 38.8 Å². The zero-order chi connectivity index (χ0) is 22.2. The fourth-order valence-corrected chi connectivity index (χ4v) is 9.50. The summed E-state index contributed by atoms with van der Waals surface area (Å²) < 4.78 is 0. The highest BCUT2D eigenvalue weighted by molar-refractivity contribution is 6.82. The smallest absolute Gasteiger partial charge is 0.0707 e. The molecule has 2 aliphatic carbocycles. The number of allylic oxidation sites excluding steroid dienone is 8. The van der Waals surface area contributed by atoms with Crippen LogP contribution in [0.4, 0.5) is 0 Å². The van der Waals surface area contributed by atoms with Gasteiger partial charge in [0.15, 0.2) is 0 Å². The van der Waals surface area contributed by atoms with Crippen LogP contribution >= 0.6 is 0 Å². The maximum Gasteiger partial charge on any atom is 0.0707 e. The molecular weight excluding hydrogens is 388 g/mol. The van der Waals surface area contributed by atoms with Gasteiger partial charge in [0.25, 0.3) is 0 Å². The topological polar surface area (TPSA) is 0 Å². The van der Waals surface area contributed by atoms with Gasteiger partial charge in [0.1, 0.15) is 0 Å². The van der Waals surface area contributed by atoms with Gasteiger partial charge in [-0.15, -0.1) is 0 Å². The van der Waals surface area contributed by atoms with E-state index in [0.29, 0.717) is 22.9 Å². The van der Waals surface area contributed by atoms with Crippen LogP contribution < -0.4 is 0 Å². The largest absolute Gasteiger partial charge is 0.0721 e. The van der Waals surface area contributed by atoms with Gasteiger partial charge in [-0.3, -0.25) is 0 Å². The lowest BCUT2D eigenvalue weighted by atomic mass is 10.0. The van der Waals surface area contributed by atoms with Gasteiger partial charge in [0.05, 0.1) is 8.07 Å². The first-order valence-electron chi connectivity index (χ1n) is 11.8. The van der Waals surface area contributed by atoms with E-state index in [-0.39, 0.29) is 0 Å². The molecule has 4 rings (SSSR count). The normalized spacial score (nSPS) is 21.3. The minimum Gasteiger partial charge on any atom is -0.0721 e. The first-order valence-corrected chi connectivity index (χ1v) is 14.9. The monoisotopic (exact) mass is 424 g/mol. The van der Waals surface area contributed by atoms with Crippen molar-refractivity contribution in [3.8, 4) is 0 Å². The second-order valence-electron chi connectivity index (χ2n) is 10.4. The molecular formula is C30H36Si. The third-order valence-corrected chi connectivity index (χ3v) is 11.4. The van der Waals surface area contributed by atoms with Gasteiger partial charge in [-0.2, -0.15) is 0 Å². The lowest BCUT2D eigenvalue weighted by molar-refractivity contribution is 0.725. The third-order valence-electron chi connectivity index (χ3n) is 7.21. The van der Waals surface area contributed by atoms with Gasteiger partial charge in [-0.05, 0) is 45.2 Å². The molecule has 0 aromatic heterocycles. The molecule has 0 fully saturated rings. The van der Waals surface area contributed by atoms with Crippen LogP contribution in [0, 0.1) is 11.8 Å². The standard InChI is InChI=1S/C30H36Si/c1-21(2)27-17-25(23-13-9-7-10-14-23)19-29(27)31(5,6)30-20-26(18-28(30)22(3)4)24-15-11-8-12-16-24/h7-22,29-30H,1-6H3. The highest BCUT2D eigenvalue weighted by Gasteiger charge is 2.44. The predicted molar refractivity (Wildman–Crippen MR) is 140 cm³/mol. The Labute approximate surface area is 190 Å². The molecule has 0 saturated heterocycles. The molecule has 0 heterocycles. The van der Waals surface area contributed by atoms with E-state index in [0.717, 1.165) is 0 Å². The molecule has 0 aliphatic heterocycles. The molecule has 0 N–H and O–H groups in total. The summed E-state index contributed by atoms with van der Waals surface area (Å²) in [5, 5.41) is 0. The van der Waals surface area contributed by atoms with Crippen molar-refractivity contribution in [3.63, 3.8) is 0 Å². The molecule has 2 aromatic carbocycles. The second kappa shape index (κ2) is 8.63. The Morgan fingerprint density at radius 1 is 0.581 bits per heavy atom. The fourth-order valence-electron chi connectivity index (χ4n) is 5.34. The SMILES string of the molecule is CC(C)C1=CC(c2ccccc2)=CC1[Si](C)(C)C1C=C(c2ccccc2)C=C1C(C)C. The van der Waals surface area contributed by atoms with Crippen molar-refractivity contribution in [1.82, 2.24) is 0 Å².